The molecule has 0 amide bonds. The molecule has 5 heteroatoms. The zero-order chi connectivity index (χ0) is 12.0. The van der Waals surface area contributed by atoms with E-state index in [2.05, 4.69) is 33.2 Å². The van der Waals surface area contributed by atoms with Crippen LogP contribution in [0.5, 0.6) is 0 Å². The molecule has 92 valence electrons. The lowest BCUT2D eigenvalue weighted by Gasteiger charge is -2.40. The predicted octanol–water partition coefficient (Wildman–Crippen LogP) is 0.518. The molecule has 1 aliphatic heterocycles. The number of aromatic nitrogens is 2. The van der Waals surface area contributed by atoms with Crippen LogP contribution < -0.4 is 16.0 Å². The van der Waals surface area contributed by atoms with Crippen molar-refractivity contribution in [1.29, 1.82) is 0 Å². The van der Waals surface area contributed by atoms with Crippen molar-refractivity contribution >= 4 is 11.8 Å². The van der Waals surface area contributed by atoms with Gasteiger partial charge in [0.05, 0.1) is 5.69 Å². The molecule has 17 heavy (non-hydrogen) atoms. The van der Waals surface area contributed by atoms with E-state index in [1.165, 1.54) is 12.8 Å². The molecule has 2 aliphatic rings. The summed E-state index contributed by atoms with van der Waals surface area (Å²) < 4.78 is 0. The van der Waals surface area contributed by atoms with Crippen LogP contribution in [0.15, 0.2) is 6.07 Å². The Kier molecular flexibility index (Phi) is 2.26. The summed E-state index contributed by atoms with van der Waals surface area (Å²) in [6, 6.07) is 2.68. The quantitative estimate of drug-likeness (QED) is 0.796. The van der Waals surface area contributed by atoms with Gasteiger partial charge in [-0.2, -0.15) is 4.98 Å². The summed E-state index contributed by atoms with van der Waals surface area (Å²) in [5, 5.41) is 3.26. The Bertz CT molecular complexity index is 435. The standard InChI is InChI=1S/C12H19N5/c1-12(3-4-12)9-5-10(16-11(13)15-9)17-6-8(7-17)14-2/h5,8,14H,3-4,6-7H2,1-2H3,(H2,13,15,16). The van der Waals surface area contributed by atoms with Crippen molar-refractivity contribution in [1.82, 2.24) is 15.3 Å². The van der Waals surface area contributed by atoms with E-state index in [9.17, 15) is 0 Å². The van der Waals surface area contributed by atoms with Crippen LogP contribution in [0.3, 0.4) is 0 Å². The van der Waals surface area contributed by atoms with Gasteiger partial charge in [-0.1, -0.05) is 6.92 Å². The first kappa shape index (κ1) is 10.8. The highest BCUT2D eigenvalue weighted by Crippen LogP contribution is 2.47. The largest absolute Gasteiger partial charge is 0.368 e. The first-order valence-corrected chi connectivity index (χ1v) is 6.18. The lowest BCUT2D eigenvalue weighted by Crippen LogP contribution is -2.57. The van der Waals surface area contributed by atoms with Crippen molar-refractivity contribution in [2.75, 3.05) is 30.8 Å². The molecule has 0 radical (unpaired) electrons. The number of nitrogens with one attached hydrogen (secondary N) is 1. The van der Waals surface area contributed by atoms with Crippen LogP contribution in [0.4, 0.5) is 11.8 Å². The second-order valence-electron chi connectivity index (χ2n) is 5.42. The second-order valence-corrected chi connectivity index (χ2v) is 5.42. The summed E-state index contributed by atoms with van der Waals surface area (Å²) >= 11 is 0. The third kappa shape index (κ3) is 1.84. The van der Waals surface area contributed by atoms with Gasteiger partial charge in [-0.15, -0.1) is 0 Å². The predicted molar refractivity (Wildman–Crippen MR) is 68.1 cm³/mol. The number of likely N-dealkylation sites (N-methyl/N-ethyl adjacent to an activating group) is 1. The van der Waals surface area contributed by atoms with E-state index < -0.39 is 0 Å². The number of nitrogens with two attached hydrogens (primary N) is 1. The van der Waals surface area contributed by atoms with E-state index in [4.69, 9.17) is 5.73 Å². The number of hydrogen-bond donors (Lipinski definition) is 2. The van der Waals surface area contributed by atoms with Crippen molar-refractivity contribution in [2.45, 2.75) is 31.2 Å². The minimum atomic E-state index is 0.249. The summed E-state index contributed by atoms with van der Waals surface area (Å²) in [5.74, 6) is 1.38. The molecule has 1 aliphatic carbocycles. The van der Waals surface area contributed by atoms with Crippen LogP contribution in [0.25, 0.3) is 0 Å². The summed E-state index contributed by atoms with van der Waals surface area (Å²) in [6.45, 7) is 4.25. The molecule has 0 unspecified atom stereocenters. The molecule has 3 N–H and O–H groups in total. The minimum absolute atomic E-state index is 0.249. The smallest absolute Gasteiger partial charge is 0.222 e. The Morgan fingerprint density at radius 1 is 1.41 bits per heavy atom. The number of nitrogen functional groups attached to an aromatic ring is 1. The highest BCUT2D eigenvalue weighted by molar-refractivity contribution is 5.48. The number of hydrogen-bond acceptors (Lipinski definition) is 5. The fraction of sp³-hybridized carbons (Fsp3) is 0.667. The van der Waals surface area contributed by atoms with Crippen LogP contribution >= 0.6 is 0 Å². The molecule has 5 nitrogen and oxygen atoms in total. The van der Waals surface area contributed by atoms with Crippen molar-refractivity contribution in [3.8, 4) is 0 Å². The highest BCUT2D eigenvalue weighted by Gasteiger charge is 2.41. The third-order valence-corrected chi connectivity index (χ3v) is 3.96. The van der Waals surface area contributed by atoms with Gasteiger partial charge in [-0.3, -0.25) is 0 Å². The van der Waals surface area contributed by atoms with E-state index in [1.54, 1.807) is 0 Å². The maximum absolute atomic E-state index is 5.80. The fourth-order valence-electron chi connectivity index (χ4n) is 2.22. The van der Waals surface area contributed by atoms with Crippen LogP contribution in [0, 0.1) is 0 Å². The van der Waals surface area contributed by atoms with Gasteiger partial charge < -0.3 is 16.0 Å². The second kappa shape index (κ2) is 3.57. The molecule has 1 saturated heterocycles. The van der Waals surface area contributed by atoms with Crippen LogP contribution in [-0.4, -0.2) is 36.1 Å². The average Bonchev–Trinajstić information content (AvgIpc) is 2.96. The zero-order valence-electron chi connectivity index (χ0n) is 10.4. The van der Waals surface area contributed by atoms with Gasteiger partial charge in [-0.05, 0) is 19.9 Å². The van der Waals surface area contributed by atoms with Gasteiger partial charge in [0.15, 0.2) is 0 Å². The molecule has 1 aromatic rings. The molecule has 0 bridgehead atoms. The number of rotatable bonds is 3. The topological polar surface area (TPSA) is 67.1 Å². The molecule has 1 aromatic heterocycles. The third-order valence-electron chi connectivity index (χ3n) is 3.96. The zero-order valence-corrected chi connectivity index (χ0v) is 10.4. The van der Waals surface area contributed by atoms with E-state index in [1.807, 2.05) is 7.05 Å². The van der Waals surface area contributed by atoms with E-state index in [-0.39, 0.29) is 5.41 Å². The normalized spacial score (nSPS) is 22.4. The van der Waals surface area contributed by atoms with Gasteiger partial charge in [-0.25, -0.2) is 4.98 Å². The Labute approximate surface area is 101 Å². The Hall–Kier alpha value is -1.36. The van der Waals surface area contributed by atoms with Crippen molar-refractivity contribution < 1.29 is 0 Å². The van der Waals surface area contributed by atoms with Gasteiger partial charge >= 0.3 is 0 Å². The summed E-state index contributed by atoms with van der Waals surface area (Å²) in [4.78, 5) is 10.9. The highest BCUT2D eigenvalue weighted by atomic mass is 15.3. The summed E-state index contributed by atoms with van der Waals surface area (Å²) in [5.41, 5.74) is 7.16. The molecule has 2 heterocycles. The van der Waals surface area contributed by atoms with Crippen molar-refractivity contribution in [2.24, 2.45) is 0 Å². The van der Waals surface area contributed by atoms with E-state index >= 15 is 0 Å². The maximum Gasteiger partial charge on any atom is 0.222 e. The molecule has 0 aromatic carbocycles. The lowest BCUT2D eigenvalue weighted by atomic mass is 10.0. The van der Waals surface area contributed by atoms with Crippen molar-refractivity contribution in [3.63, 3.8) is 0 Å². The van der Waals surface area contributed by atoms with E-state index in [0.29, 0.717) is 12.0 Å². The number of anilines is 2. The van der Waals surface area contributed by atoms with Crippen LogP contribution in [-0.2, 0) is 5.41 Å². The van der Waals surface area contributed by atoms with E-state index in [0.717, 1.165) is 24.6 Å². The minimum Gasteiger partial charge on any atom is -0.368 e. The molecule has 1 saturated carbocycles. The first-order chi connectivity index (χ1) is 8.10. The van der Waals surface area contributed by atoms with Gasteiger partial charge in [0.2, 0.25) is 5.95 Å². The SMILES string of the molecule is CNC1CN(c2cc(C3(C)CC3)nc(N)n2)C1. The molecular formula is C12H19N5. The summed E-state index contributed by atoms with van der Waals surface area (Å²) in [6.07, 6.45) is 2.42. The van der Waals surface area contributed by atoms with Crippen molar-refractivity contribution in [3.05, 3.63) is 11.8 Å². The summed E-state index contributed by atoms with van der Waals surface area (Å²) in [7, 11) is 1.99. The van der Waals surface area contributed by atoms with Crippen LogP contribution in [0.1, 0.15) is 25.5 Å². The van der Waals surface area contributed by atoms with Gasteiger partial charge in [0, 0.05) is 30.6 Å². The molecule has 2 fully saturated rings. The molecule has 3 rings (SSSR count). The maximum atomic E-state index is 5.80. The van der Waals surface area contributed by atoms with Gasteiger partial charge in [0.1, 0.15) is 5.82 Å². The molecule has 0 atom stereocenters. The monoisotopic (exact) mass is 233 g/mol. The van der Waals surface area contributed by atoms with Crippen LogP contribution in [0.2, 0.25) is 0 Å². The fourth-order valence-corrected chi connectivity index (χ4v) is 2.22. The number of nitrogens with zero attached hydrogens (tertiary/aromatic N) is 3. The molecular weight excluding hydrogens is 214 g/mol. The average molecular weight is 233 g/mol. The molecule has 0 spiro atoms. The Balaban J connectivity index is 1.83. The first-order valence-electron chi connectivity index (χ1n) is 6.18. The Morgan fingerprint density at radius 2 is 2.12 bits per heavy atom. The van der Waals surface area contributed by atoms with Gasteiger partial charge in [0.25, 0.3) is 0 Å². The Morgan fingerprint density at radius 3 is 2.71 bits per heavy atom. The lowest BCUT2D eigenvalue weighted by molar-refractivity contribution is 0.447.